The Labute approximate surface area is 173 Å². The Morgan fingerprint density at radius 1 is 1.13 bits per heavy atom. The second-order valence-corrected chi connectivity index (χ2v) is 8.15. The number of halogens is 2. The highest BCUT2D eigenvalue weighted by atomic mass is 19.2. The van der Waals surface area contributed by atoms with Crippen LogP contribution in [0.25, 0.3) is 0 Å². The van der Waals surface area contributed by atoms with E-state index in [9.17, 15) is 18.4 Å². The third kappa shape index (κ3) is 3.38. The number of aliphatic imine (C=N–C) groups is 1. The van der Waals surface area contributed by atoms with Gasteiger partial charge in [-0.3, -0.25) is 19.5 Å². The lowest BCUT2D eigenvalue weighted by atomic mass is 9.81. The monoisotopic (exact) mass is 411 g/mol. The van der Waals surface area contributed by atoms with Crippen LogP contribution in [0, 0.1) is 17.6 Å². The minimum atomic E-state index is -1.24. The van der Waals surface area contributed by atoms with Gasteiger partial charge in [0.25, 0.3) is 5.91 Å². The van der Waals surface area contributed by atoms with Crippen molar-refractivity contribution < 1.29 is 18.4 Å². The highest BCUT2D eigenvalue weighted by molar-refractivity contribution is 6.47. The average molecular weight is 411 g/mol. The van der Waals surface area contributed by atoms with E-state index in [0.717, 1.165) is 25.0 Å². The molecule has 1 saturated carbocycles. The Hall–Kier alpha value is -3.09. The standard InChI is InChI=1S/C23H23F2N3O2/c1-14-9-11-23(12-10-14)27-19(15-5-3-2-4-6-15)22(30)28(23)20(21(26)29)16-7-8-17(24)18(25)13-16/h2-8,13-14,20H,9-12H2,1H3,(H2,26,29). The Bertz CT molecular complexity index is 1010. The highest BCUT2D eigenvalue weighted by Gasteiger charge is 2.53. The summed E-state index contributed by atoms with van der Waals surface area (Å²) in [5.74, 6) is -2.89. The first-order valence-corrected chi connectivity index (χ1v) is 10.1. The van der Waals surface area contributed by atoms with Gasteiger partial charge < -0.3 is 5.73 Å². The molecule has 1 fully saturated rings. The van der Waals surface area contributed by atoms with E-state index in [4.69, 9.17) is 10.7 Å². The zero-order valence-electron chi connectivity index (χ0n) is 16.6. The van der Waals surface area contributed by atoms with Crippen molar-refractivity contribution in [3.05, 3.63) is 71.3 Å². The van der Waals surface area contributed by atoms with E-state index in [0.29, 0.717) is 24.3 Å². The zero-order chi connectivity index (χ0) is 21.5. The second kappa shape index (κ2) is 7.63. The van der Waals surface area contributed by atoms with Gasteiger partial charge in [-0.05, 0) is 49.3 Å². The van der Waals surface area contributed by atoms with Gasteiger partial charge in [0.2, 0.25) is 5.91 Å². The van der Waals surface area contributed by atoms with Crippen molar-refractivity contribution in [1.29, 1.82) is 0 Å². The van der Waals surface area contributed by atoms with Crippen molar-refractivity contribution >= 4 is 17.5 Å². The molecule has 30 heavy (non-hydrogen) atoms. The van der Waals surface area contributed by atoms with Crippen LogP contribution in [0.4, 0.5) is 8.78 Å². The number of carbonyl (C=O) groups excluding carboxylic acids is 2. The van der Waals surface area contributed by atoms with Gasteiger partial charge in [0.05, 0.1) is 0 Å². The first kappa shape index (κ1) is 20.2. The van der Waals surface area contributed by atoms with Crippen LogP contribution in [-0.2, 0) is 9.59 Å². The number of nitrogens with zero attached hydrogens (tertiary/aromatic N) is 2. The van der Waals surface area contributed by atoms with E-state index in [1.165, 1.54) is 11.0 Å². The number of primary amides is 1. The highest BCUT2D eigenvalue weighted by Crippen LogP contribution is 2.45. The fourth-order valence-corrected chi connectivity index (χ4v) is 4.45. The Kier molecular flexibility index (Phi) is 5.13. The van der Waals surface area contributed by atoms with E-state index in [1.54, 1.807) is 12.1 Å². The number of carbonyl (C=O) groups is 2. The van der Waals surface area contributed by atoms with Gasteiger partial charge in [-0.1, -0.05) is 43.3 Å². The topological polar surface area (TPSA) is 75.8 Å². The van der Waals surface area contributed by atoms with E-state index in [2.05, 4.69) is 6.92 Å². The fraction of sp³-hybridized carbons (Fsp3) is 0.348. The summed E-state index contributed by atoms with van der Waals surface area (Å²) in [7, 11) is 0. The summed E-state index contributed by atoms with van der Waals surface area (Å²) in [6, 6.07) is 11.0. The number of hydrogen-bond donors (Lipinski definition) is 1. The van der Waals surface area contributed by atoms with Gasteiger partial charge in [-0.25, -0.2) is 8.78 Å². The van der Waals surface area contributed by atoms with E-state index in [1.807, 2.05) is 18.2 Å². The molecular formula is C23H23F2N3O2. The van der Waals surface area contributed by atoms with Crippen LogP contribution in [-0.4, -0.2) is 28.1 Å². The number of rotatable bonds is 4. The van der Waals surface area contributed by atoms with Gasteiger partial charge >= 0.3 is 0 Å². The minimum absolute atomic E-state index is 0.136. The lowest BCUT2D eigenvalue weighted by Gasteiger charge is -2.43. The first-order chi connectivity index (χ1) is 14.3. The normalized spacial score (nSPS) is 24.8. The van der Waals surface area contributed by atoms with Crippen LogP contribution >= 0.6 is 0 Å². The first-order valence-electron chi connectivity index (χ1n) is 10.1. The van der Waals surface area contributed by atoms with Crippen molar-refractivity contribution in [3.8, 4) is 0 Å². The molecule has 2 aromatic rings. The summed E-state index contributed by atoms with van der Waals surface area (Å²) in [6.45, 7) is 2.14. The summed E-state index contributed by atoms with van der Waals surface area (Å²) in [5, 5.41) is 0. The third-order valence-electron chi connectivity index (χ3n) is 6.10. The fourth-order valence-electron chi connectivity index (χ4n) is 4.45. The molecule has 1 heterocycles. The van der Waals surface area contributed by atoms with Crippen molar-refractivity contribution in [2.24, 2.45) is 16.6 Å². The van der Waals surface area contributed by atoms with Crippen molar-refractivity contribution in [1.82, 2.24) is 4.90 Å². The van der Waals surface area contributed by atoms with Gasteiger partial charge in [0.1, 0.15) is 17.4 Å². The van der Waals surface area contributed by atoms with E-state index >= 15 is 0 Å². The SMILES string of the molecule is CC1CCC2(CC1)N=C(c1ccccc1)C(=O)N2C(C(N)=O)c1ccc(F)c(F)c1. The van der Waals surface area contributed by atoms with Gasteiger partial charge in [0, 0.05) is 5.56 Å². The molecule has 5 nitrogen and oxygen atoms in total. The minimum Gasteiger partial charge on any atom is -0.368 e. The van der Waals surface area contributed by atoms with Gasteiger partial charge in [-0.15, -0.1) is 0 Å². The maximum Gasteiger partial charge on any atom is 0.275 e. The molecule has 2 aromatic carbocycles. The van der Waals surface area contributed by atoms with Gasteiger partial charge in [0.15, 0.2) is 11.6 Å². The van der Waals surface area contributed by atoms with Crippen LogP contribution in [0.15, 0.2) is 53.5 Å². The largest absolute Gasteiger partial charge is 0.368 e. The molecule has 1 spiro atoms. The summed E-state index contributed by atoms with van der Waals surface area (Å²) in [4.78, 5) is 32.3. The molecule has 0 aromatic heterocycles. The van der Waals surface area contributed by atoms with Crippen molar-refractivity contribution in [2.45, 2.75) is 44.3 Å². The molecule has 1 unspecified atom stereocenters. The Morgan fingerprint density at radius 3 is 2.40 bits per heavy atom. The number of benzene rings is 2. The maximum absolute atomic E-state index is 14.0. The number of nitrogens with two attached hydrogens (primary N) is 1. The maximum atomic E-state index is 14.0. The molecule has 0 saturated heterocycles. The third-order valence-corrected chi connectivity index (χ3v) is 6.10. The molecule has 0 bridgehead atoms. The predicted octanol–water partition coefficient (Wildman–Crippen LogP) is 3.73. The van der Waals surface area contributed by atoms with Crippen LogP contribution in [0.2, 0.25) is 0 Å². The molecular weight excluding hydrogens is 388 g/mol. The van der Waals surface area contributed by atoms with Crippen LogP contribution in [0.5, 0.6) is 0 Å². The van der Waals surface area contributed by atoms with Crippen LogP contribution < -0.4 is 5.73 Å². The van der Waals surface area contributed by atoms with Gasteiger partial charge in [-0.2, -0.15) is 0 Å². The zero-order valence-corrected chi connectivity index (χ0v) is 16.6. The molecule has 1 aliphatic carbocycles. The average Bonchev–Trinajstić information content (AvgIpc) is 3.00. The molecule has 156 valence electrons. The van der Waals surface area contributed by atoms with Crippen molar-refractivity contribution in [3.63, 3.8) is 0 Å². The molecule has 2 amide bonds. The van der Waals surface area contributed by atoms with Crippen LogP contribution in [0.3, 0.4) is 0 Å². The number of amides is 2. The smallest absolute Gasteiger partial charge is 0.275 e. The second-order valence-electron chi connectivity index (χ2n) is 8.15. The van der Waals surface area contributed by atoms with E-state index in [-0.39, 0.29) is 11.3 Å². The molecule has 1 atom stereocenters. The molecule has 7 heteroatoms. The van der Waals surface area contributed by atoms with Crippen LogP contribution in [0.1, 0.15) is 49.8 Å². The summed E-state index contributed by atoms with van der Waals surface area (Å²) >= 11 is 0. The number of hydrogen-bond acceptors (Lipinski definition) is 3. The Morgan fingerprint density at radius 2 is 1.80 bits per heavy atom. The molecule has 0 radical (unpaired) electrons. The lowest BCUT2D eigenvalue weighted by Crippen LogP contribution is -2.53. The van der Waals surface area contributed by atoms with E-state index < -0.39 is 35.2 Å². The molecule has 2 N–H and O–H groups in total. The lowest BCUT2D eigenvalue weighted by molar-refractivity contribution is -0.141. The quantitative estimate of drug-likeness (QED) is 0.832. The van der Waals surface area contributed by atoms with Crippen molar-refractivity contribution in [2.75, 3.05) is 0 Å². The Balaban J connectivity index is 1.83. The predicted molar refractivity (Wildman–Crippen MR) is 108 cm³/mol. The summed E-state index contributed by atoms with van der Waals surface area (Å²) < 4.78 is 27.5. The summed E-state index contributed by atoms with van der Waals surface area (Å²) in [6.07, 6.45) is 2.81. The molecule has 4 rings (SSSR count). The molecule has 1 aliphatic heterocycles. The molecule has 2 aliphatic rings. The summed E-state index contributed by atoms with van der Waals surface area (Å²) in [5.41, 5.74) is 5.82.